The number of hydrogen-bond acceptors (Lipinski definition) is 8. The van der Waals surface area contributed by atoms with E-state index in [0.29, 0.717) is 11.3 Å². The summed E-state index contributed by atoms with van der Waals surface area (Å²) in [6.07, 6.45) is 2.90. The van der Waals surface area contributed by atoms with Crippen LogP contribution < -0.4 is 9.46 Å². The third kappa shape index (κ3) is 3.72. The van der Waals surface area contributed by atoms with Crippen LogP contribution >= 0.6 is 11.9 Å². The lowest BCUT2D eigenvalue weighted by Crippen LogP contribution is -2.27. The molecule has 0 saturated carbocycles. The number of ether oxygens (including phenoxy) is 1. The number of carbonyl (C=O) groups is 1. The summed E-state index contributed by atoms with van der Waals surface area (Å²) >= 11 is 1.15. The topological polar surface area (TPSA) is 98.8 Å². The van der Waals surface area contributed by atoms with Gasteiger partial charge in [0.25, 0.3) is 5.91 Å². The zero-order valence-corrected chi connectivity index (χ0v) is 12.1. The van der Waals surface area contributed by atoms with E-state index in [9.17, 15) is 4.79 Å². The molecule has 110 valence electrons. The standard InChI is InChI=1S/C12H12N4O4S/c1-18-15-10(11(17)16-21-2)8-5-3-4-6-9(8)19-12-13-7-14-20-12/h3-7H,1-2H3,(H,16,17)/b15-10+. The van der Waals surface area contributed by atoms with Crippen LogP contribution in [0.4, 0.5) is 0 Å². The molecule has 1 heterocycles. The predicted molar refractivity (Wildman–Crippen MR) is 76.0 cm³/mol. The highest BCUT2D eigenvalue weighted by molar-refractivity contribution is 7.97. The maximum absolute atomic E-state index is 12.0. The van der Waals surface area contributed by atoms with E-state index in [0.717, 1.165) is 11.9 Å². The maximum atomic E-state index is 12.0. The van der Waals surface area contributed by atoms with E-state index in [1.54, 1.807) is 30.5 Å². The lowest BCUT2D eigenvalue weighted by Gasteiger charge is -2.09. The summed E-state index contributed by atoms with van der Waals surface area (Å²) in [5.74, 6) is -0.0697. The monoisotopic (exact) mass is 308 g/mol. The third-order valence-electron chi connectivity index (χ3n) is 2.27. The number of nitrogens with zero attached hydrogens (tertiary/aromatic N) is 3. The molecule has 2 aromatic rings. The second kappa shape index (κ2) is 7.29. The van der Waals surface area contributed by atoms with Crippen LogP contribution in [0, 0.1) is 0 Å². The van der Waals surface area contributed by atoms with Crippen molar-refractivity contribution in [3.05, 3.63) is 36.2 Å². The van der Waals surface area contributed by atoms with E-state index in [-0.39, 0.29) is 11.8 Å². The van der Waals surface area contributed by atoms with Gasteiger partial charge in [0.1, 0.15) is 12.9 Å². The molecular weight excluding hydrogens is 296 g/mol. The van der Waals surface area contributed by atoms with Crippen LogP contribution in [0.2, 0.25) is 0 Å². The molecule has 0 bridgehead atoms. The number of benzene rings is 1. The van der Waals surface area contributed by atoms with Gasteiger partial charge < -0.3 is 9.57 Å². The molecule has 0 spiro atoms. The van der Waals surface area contributed by atoms with E-state index in [1.165, 1.54) is 13.4 Å². The summed E-state index contributed by atoms with van der Waals surface area (Å²) in [5.41, 5.74) is 0.506. The zero-order valence-electron chi connectivity index (χ0n) is 11.3. The van der Waals surface area contributed by atoms with E-state index in [4.69, 9.17) is 14.1 Å². The molecule has 1 N–H and O–H groups in total. The molecule has 0 fully saturated rings. The summed E-state index contributed by atoms with van der Waals surface area (Å²) in [5, 5.41) is 7.19. The molecule has 1 amide bonds. The Bertz CT molecular complexity index is 630. The van der Waals surface area contributed by atoms with Gasteiger partial charge in [0.15, 0.2) is 12.0 Å². The Kier molecular flexibility index (Phi) is 5.16. The summed E-state index contributed by atoms with van der Waals surface area (Å²) in [6, 6.07) is 6.81. The average molecular weight is 308 g/mol. The van der Waals surface area contributed by atoms with Crippen molar-refractivity contribution in [1.82, 2.24) is 14.9 Å². The van der Waals surface area contributed by atoms with Gasteiger partial charge in [0, 0.05) is 6.26 Å². The van der Waals surface area contributed by atoms with Crippen molar-refractivity contribution in [1.29, 1.82) is 0 Å². The molecule has 0 radical (unpaired) electrons. The SMILES string of the molecule is CO/N=C(/C(=O)NSC)c1ccccc1Oc1ncno1. The predicted octanol–water partition coefficient (Wildman–Crippen LogP) is 1.61. The van der Waals surface area contributed by atoms with E-state index >= 15 is 0 Å². The second-order valence-corrected chi connectivity index (χ2v) is 4.18. The van der Waals surface area contributed by atoms with Gasteiger partial charge in [0.05, 0.1) is 5.56 Å². The molecule has 0 unspecified atom stereocenters. The number of carbonyl (C=O) groups excluding carboxylic acids is 1. The molecule has 0 aliphatic heterocycles. The Hall–Kier alpha value is -2.55. The van der Waals surface area contributed by atoms with Crippen LogP contribution in [0.1, 0.15) is 5.56 Å². The first kappa shape index (κ1) is 14.9. The van der Waals surface area contributed by atoms with Crippen LogP contribution in [-0.4, -0.2) is 35.1 Å². The summed E-state index contributed by atoms with van der Waals surface area (Å²) in [6.45, 7) is 0. The molecule has 0 aliphatic carbocycles. The fourth-order valence-corrected chi connectivity index (χ4v) is 1.78. The minimum atomic E-state index is -0.411. The molecule has 1 aromatic heterocycles. The molecule has 0 aliphatic rings. The lowest BCUT2D eigenvalue weighted by atomic mass is 10.1. The number of para-hydroxylation sites is 1. The second-order valence-electron chi connectivity index (χ2n) is 3.56. The highest BCUT2D eigenvalue weighted by Crippen LogP contribution is 2.24. The largest absolute Gasteiger partial charge is 0.422 e. The Morgan fingerprint density at radius 3 is 2.90 bits per heavy atom. The van der Waals surface area contributed by atoms with Crippen molar-refractivity contribution in [2.45, 2.75) is 0 Å². The van der Waals surface area contributed by atoms with Gasteiger partial charge in [-0.1, -0.05) is 34.4 Å². The first-order valence-corrected chi connectivity index (χ1v) is 6.97. The smallest absolute Gasteiger partial charge is 0.409 e. The fourth-order valence-electron chi connectivity index (χ4n) is 1.50. The first-order chi connectivity index (χ1) is 10.3. The molecular formula is C12H12N4O4S. The minimum Gasteiger partial charge on any atom is -0.409 e. The van der Waals surface area contributed by atoms with Crippen molar-refractivity contribution in [2.75, 3.05) is 13.4 Å². The Morgan fingerprint density at radius 2 is 2.24 bits per heavy atom. The molecule has 9 heteroatoms. The Labute approximate surface area is 124 Å². The minimum absolute atomic E-state index is 0.0375. The number of aromatic nitrogens is 2. The zero-order chi connectivity index (χ0) is 15.1. The van der Waals surface area contributed by atoms with E-state index in [1.807, 2.05) is 0 Å². The quantitative estimate of drug-likeness (QED) is 0.491. The molecule has 21 heavy (non-hydrogen) atoms. The van der Waals surface area contributed by atoms with Crippen molar-refractivity contribution in [3.8, 4) is 11.8 Å². The number of amides is 1. The van der Waals surface area contributed by atoms with Crippen LogP contribution in [0.3, 0.4) is 0 Å². The van der Waals surface area contributed by atoms with Gasteiger partial charge in [-0.3, -0.25) is 14.0 Å². The van der Waals surface area contributed by atoms with Gasteiger partial charge in [-0.25, -0.2) is 0 Å². The number of nitrogens with one attached hydrogen (secondary N) is 1. The average Bonchev–Trinajstić information content (AvgIpc) is 2.99. The van der Waals surface area contributed by atoms with Crippen molar-refractivity contribution >= 4 is 23.6 Å². The fraction of sp³-hybridized carbons (Fsp3) is 0.167. The van der Waals surface area contributed by atoms with Gasteiger partial charge in [-0.15, -0.1) is 0 Å². The van der Waals surface area contributed by atoms with Crippen LogP contribution in [0.25, 0.3) is 0 Å². The molecule has 0 atom stereocenters. The normalized spacial score (nSPS) is 11.0. The van der Waals surface area contributed by atoms with Gasteiger partial charge in [0.2, 0.25) is 0 Å². The molecule has 0 saturated heterocycles. The Morgan fingerprint density at radius 1 is 1.43 bits per heavy atom. The highest BCUT2D eigenvalue weighted by Gasteiger charge is 2.20. The molecule has 1 aromatic carbocycles. The van der Waals surface area contributed by atoms with Gasteiger partial charge >= 0.3 is 6.08 Å². The highest BCUT2D eigenvalue weighted by atomic mass is 32.2. The molecule has 2 rings (SSSR count). The van der Waals surface area contributed by atoms with Crippen LogP contribution in [-0.2, 0) is 9.63 Å². The van der Waals surface area contributed by atoms with Crippen LogP contribution in [0.15, 0.2) is 40.3 Å². The number of rotatable bonds is 6. The summed E-state index contributed by atoms with van der Waals surface area (Å²) in [7, 11) is 1.36. The maximum Gasteiger partial charge on any atom is 0.422 e. The van der Waals surface area contributed by atoms with E-state index < -0.39 is 5.91 Å². The van der Waals surface area contributed by atoms with Crippen molar-refractivity contribution < 1.29 is 18.9 Å². The van der Waals surface area contributed by atoms with Gasteiger partial charge in [-0.05, 0) is 12.1 Å². The first-order valence-electron chi connectivity index (χ1n) is 5.74. The number of hydrogen-bond donors (Lipinski definition) is 1. The number of oxime groups is 1. The summed E-state index contributed by atoms with van der Waals surface area (Å²) in [4.78, 5) is 20.5. The van der Waals surface area contributed by atoms with Crippen molar-refractivity contribution in [2.24, 2.45) is 5.16 Å². The third-order valence-corrected chi connectivity index (χ3v) is 2.66. The molecule has 8 nitrogen and oxygen atoms in total. The van der Waals surface area contributed by atoms with Crippen molar-refractivity contribution in [3.63, 3.8) is 0 Å². The Balaban J connectivity index is 2.36. The lowest BCUT2D eigenvalue weighted by molar-refractivity contribution is -0.113. The van der Waals surface area contributed by atoms with Crippen LogP contribution in [0.5, 0.6) is 11.8 Å². The van der Waals surface area contributed by atoms with E-state index in [2.05, 4.69) is 20.0 Å². The van der Waals surface area contributed by atoms with Gasteiger partial charge in [-0.2, -0.15) is 4.98 Å². The summed E-state index contributed by atoms with van der Waals surface area (Å²) < 4.78 is 12.8.